The number of aromatic nitrogens is 3. The maximum absolute atomic E-state index is 13.0. The average Bonchev–Trinajstić information content (AvgIpc) is 3.29. The van der Waals surface area contributed by atoms with E-state index in [0.717, 1.165) is 34.6 Å². The minimum Gasteiger partial charge on any atom is -0.497 e. The van der Waals surface area contributed by atoms with Crippen LogP contribution in [0.1, 0.15) is 37.6 Å². The van der Waals surface area contributed by atoms with Crippen molar-refractivity contribution in [3.05, 3.63) is 66.4 Å². The largest absolute Gasteiger partial charge is 0.497 e. The lowest BCUT2D eigenvalue weighted by Crippen LogP contribution is -2.19. The van der Waals surface area contributed by atoms with Gasteiger partial charge in [0.05, 0.1) is 19.8 Å². The van der Waals surface area contributed by atoms with E-state index in [9.17, 15) is 4.79 Å². The lowest BCUT2D eigenvalue weighted by Gasteiger charge is -2.18. The number of hydrogen-bond donors (Lipinski definition) is 1. The van der Waals surface area contributed by atoms with Gasteiger partial charge in [-0.25, -0.2) is 4.52 Å². The molecule has 7 heteroatoms. The molecule has 0 aliphatic rings. The Bertz CT molecular complexity index is 1300. The van der Waals surface area contributed by atoms with Gasteiger partial charge in [-0.1, -0.05) is 39.3 Å². The Balaban J connectivity index is 1.62. The van der Waals surface area contributed by atoms with E-state index in [1.807, 2.05) is 61.7 Å². The molecule has 2 aromatic carbocycles. The van der Waals surface area contributed by atoms with Crippen LogP contribution in [-0.2, 0) is 0 Å². The second kappa shape index (κ2) is 9.95. The van der Waals surface area contributed by atoms with Crippen molar-refractivity contribution >= 4 is 23.1 Å². The maximum atomic E-state index is 13.0. The third-order valence-electron chi connectivity index (χ3n) is 6.40. The van der Waals surface area contributed by atoms with Gasteiger partial charge in [0.25, 0.3) is 0 Å². The minimum atomic E-state index is -0.0748. The third kappa shape index (κ3) is 4.59. The van der Waals surface area contributed by atoms with Crippen molar-refractivity contribution in [2.75, 3.05) is 19.5 Å². The molecule has 0 saturated heterocycles. The fourth-order valence-electron chi connectivity index (χ4n) is 3.91. The number of ether oxygens (including phenoxy) is 2. The Morgan fingerprint density at radius 3 is 2.50 bits per heavy atom. The van der Waals surface area contributed by atoms with Crippen LogP contribution in [0.2, 0.25) is 0 Å². The van der Waals surface area contributed by atoms with Gasteiger partial charge in [0, 0.05) is 29.4 Å². The van der Waals surface area contributed by atoms with E-state index < -0.39 is 0 Å². The molecule has 0 saturated carbocycles. The molecule has 2 aromatic heterocycles. The van der Waals surface area contributed by atoms with Gasteiger partial charge in [0.2, 0.25) is 5.95 Å². The van der Waals surface area contributed by atoms with Gasteiger partial charge < -0.3 is 14.8 Å². The smallest absolute Gasteiger partial charge is 0.247 e. The van der Waals surface area contributed by atoms with Crippen molar-refractivity contribution < 1.29 is 14.3 Å². The van der Waals surface area contributed by atoms with Crippen molar-refractivity contribution in [1.82, 2.24) is 14.6 Å². The number of ketones is 1. The Morgan fingerprint density at radius 1 is 1.06 bits per heavy atom. The molecular formula is C27H30N4O3. The summed E-state index contributed by atoms with van der Waals surface area (Å²) in [5, 5.41) is 7.81. The Kier molecular flexibility index (Phi) is 6.82. The molecule has 0 aliphatic carbocycles. The van der Waals surface area contributed by atoms with Crippen molar-refractivity contribution in [1.29, 1.82) is 0 Å². The van der Waals surface area contributed by atoms with Gasteiger partial charge in [0.1, 0.15) is 11.5 Å². The number of nitrogens with zero attached hydrogens (tertiary/aromatic N) is 3. The van der Waals surface area contributed by atoms with Crippen molar-refractivity contribution in [3.8, 4) is 22.6 Å². The summed E-state index contributed by atoms with van der Waals surface area (Å²) in [5.41, 5.74) is 4.04. The molecule has 2 unspecified atom stereocenters. The zero-order valence-electron chi connectivity index (χ0n) is 20.2. The Labute approximate surface area is 199 Å². The maximum Gasteiger partial charge on any atom is 0.247 e. The van der Waals surface area contributed by atoms with Gasteiger partial charge in [-0.2, -0.15) is 4.98 Å². The highest BCUT2D eigenvalue weighted by molar-refractivity contribution is 6.00. The first-order valence-corrected chi connectivity index (χ1v) is 11.4. The number of carbonyl (C=O) groups excluding carboxylic acids is 1. The zero-order chi connectivity index (χ0) is 24.2. The van der Waals surface area contributed by atoms with E-state index in [0.29, 0.717) is 23.2 Å². The number of pyridine rings is 1. The second-order valence-corrected chi connectivity index (χ2v) is 8.43. The first kappa shape index (κ1) is 23.3. The number of hydrogen-bond acceptors (Lipinski definition) is 6. The van der Waals surface area contributed by atoms with Crippen LogP contribution in [-0.4, -0.2) is 34.6 Å². The van der Waals surface area contributed by atoms with Crippen LogP contribution in [0.25, 0.3) is 16.8 Å². The number of Topliss-reactive ketones (excluding diaryl/α,β-unsaturated/α-hetero) is 1. The fourth-order valence-corrected chi connectivity index (χ4v) is 3.91. The van der Waals surface area contributed by atoms with Gasteiger partial charge >= 0.3 is 0 Å². The molecule has 0 spiro atoms. The molecular weight excluding hydrogens is 428 g/mol. The number of carbonyl (C=O) groups is 1. The first-order valence-electron chi connectivity index (χ1n) is 11.4. The van der Waals surface area contributed by atoms with Crippen LogP contribution in [0, 0.1) is 11.8 Å². The molecule has 0 aliphatic heterocycles. The molecule has 0 fully saturated rings. The van der Waals surface area contributed by atoms with E-state index in [1.54, 1.807) is 24.8 Å². The van der Waals surface area contributed by atoms with Crippen LogP contribution in [0.4, 0.5) is 11.6 Å². The zero-order valence-corrected chi connectivity index (χ0v) is 20.2. The van der Waals surface area contributed by atoms with Crippen molar-refractivity contribution in [2.45, 2.75) is 27.2 Å². The topological polar surface area (TPSA) is 77.8 Å². The summed E-state index contributed by atoms with van der Waals surface area (Å²) in [6, 6.07) is 17.3. The highest BCUT2D eigenvalue weighted by Gasteiger charge is 2.23. The predicted molar refractivity (Wildman–Crippen MR) is 134 cm³/mol. The number of fused-ring (bicyclic) bond motifs is 1. The standard InChI is InChI=1S/C27H30N4O3/c1-6-17(2)18(3)25(32)23-14-11-20(16-24(23)34-5)28-27-29-26-22(8-7-15-31(26)30-27)19-9-12-21(33-4)13-10-19/h7-18H,6H2,1-5H3,(H,28,30). The van der Waals surface area contributed by atoms with Crippen LogP contribution in [0.15, 0.2) is 60.8 Å². The summed E-state index contributed by atoms with van der Waals surface area (Å²) < 4.78 is 12.5. The molecule has 4 aromatic rings. The van der Waals surface area contributed by atoms with E-state index in [1.165, 1.54) is 0 Å². The molecule has 7 nitrogen and oxygen atoms in total. The van der Waals surface area contributed by atoms with E-state index >= 15 is 0 Å². The number of anilines is 2. The monoisotopic (exact) mass is 458 g/mol. The first-order chi connectivity index (χ1) is 16.4. The molecule has 0 bridgehead atoms. The summed E-state index contributed by atoms with van der Waals surface area (Å²) in [6.07, 6.45) is 2.81. The number of benzene rings is 2. The molecule has 2 atom stereocenters. The summed E-state index contributed by atoms with van der Waals surface area (Å²) in [6.45, 7) is 6.17. The number of rotatable bonds is 9. The Hall–Kier alpha value is -3.87. The van der Waals surface area contributed by atoms with E-state index in [2.05, 4.69) is 24.3 Å². The summed E-state index contributed by atoms with van der Waals surface area (Å²) in [4.78, 5) is 17.7. The molecule has 0 amide bonds. The molecule has 176 valence electrons. The molecule has 4 rings (SSSR count). The van der Waals surface area contributed by atoms with Crippen molar-refractivity contribution in [3.63, 3.8) is 0 Å². The highest BCUT2D eigenvalue weighted by atomic mass is 16.5. The van der Waals surface area contributed by atoms with Crippen molar-refractivity contribution in [2.24, 2.45) is 11.8 Å². The summed E-state index contributed by atoms with van der Waals surface area (Å²) in [7, 11) is 3.23. The van der Waals surface area contributed by atoms with Crippen LogP contribution in [0.3, 0.4) is 0 Å². The quantitative estimate of drug-likeness (QED) is 0.309. The van der Waals surface area contributed by atoms with Gasteiger partial charge in [-0.05, 0) is 47.9 Å². The average molecular weight is 459 g/mol. The fraction of sp³-hybridized carbons (Fsp3) is 0.296. The van der Waals surface area contributed by atoms with Crippen LogP contribution in [0.5, 0.6) is 11.5 Å². The molecule has 34 heavy (non-hydrogen) atoms. The van der Waals surface area contributed by atoms with Crippen LogP contribution < -0.4 is 14.8 Å². The Morgan fingerprint density at radius 2 is 1.82 bits per heavy atom. The summed E-state index contributed by atoms with van der Waals surface area (Å²) in [5.74, 6) is 2.11. The molecule has 1 N–H and O–H groups in total. The van der Waals surface area contributed by atoms with E-state index in [-0.39, 0.29) is 11.7 Å². The number of methoxy groups -OCH3 is 2. The SMILES string of the molecule is CCC(C)C(C)C(=O)c1ccc(Nc2nc3c(-c4ccc(OC)cc4)cccn3n2)cc1OC. The second-order valence-electron chi connectivity index (χ2n) is 8.43. The third-order valence-corrected chi connectivity index (χ3v) is 6.40. The predicted octanol–water partition coefficient (Wildman–Crippen LogP) is 6.02. The molecule has 2 heterocycles. The highest BCUT2D eigenvalue weighted by Crippen LogP contribution is 2.30. The van der Waals surface area contributed by atoms with Gasteiger partial charge in [-0.15, -0.1) is 5.10 Å². The molecule has 0 radical (unpaired) electrons. The van der Waals surface area contributed by atoms with E-state index in [4.69, 9.17) is 14.5 Å². The van der Waals surface area contributed by atoms with Gasteiger partial charge in [-0.3, -0.25) is 4.79 Å². The van der Waals surface area contributed by atoms with Gasteiger partial charge in [0.15, 0.2) is 11.4 Å². The normalized spacial score (nSPS) is 12.9. The lowest BCUT2D eigenvalue weighted by molar-refractivity contribution is 0.0888. The lowest BCUT2D eigenvalue weighted by atomic mass is 9.86. The number of nitrogens with one attached hydrogen (secondary N) is 1. The minimum absolute atomic E-state index is 0.0748. The van der Waals surface area contributed by atoms with Crippen LogP contribution >= 0.6 is 0 Å². The summed E-state index contributed by atoms with van der Waals surface area (Å²) >= 11 is 0.